The van der Waals surface area contributed by atoms with E-state index in [2.05, 4.69) is 19.9 Å². The van der Waals surface area contributed by atoms with Crippen LogP contribution in [-0.4, -0.2) is 50.1 Å². The van der Waals surface area contributed by atoms with Crippen molar-refractivity contribution in [3.8, 4) is 0 Å². The molecule has 1 aliphatic heterocycles. The zero-order chi connectivity index (χ0) is 19.5. The van der Waals surface area contributed by atoms with Crippen molar-refractivity contribution in [2.75, 3.05) is 18.8 Å². The molecule has 1 fully saturated rings. The van der Waals surface area contributed by atoms with Crippen LogP contribution in [-0.2, 0) is 22.7 Å². The van der Waals surface area contributed by atoms with Crippen molar-refractivity contribution in [2.24, 2.45) is 5.92 Å². The molecule has 0 unspecified atom stereocenters. The quantitative estimate of drug-likeness (QED) is 0.553. The Morgan fingerprint density at radius 1 is 1.29 bits per heavy atom. The van der Waals surface area contributed by atoms with E-state index in [4.69, 9.17) is 10.5 Å². The van der Waals surface area contributed by atoms with Gasteiger partial charge in [0.05, 0.1) is 18.0 Å². The normalized spacial score (nSPS) is 19.9. The number of nitrogen functional groups attached to an aromatic ring is 1. The number of nitrogens with one attached hydrogen (secondary N) is 1. The number of H-pyrrole nitrogens is 1. The standard InChI is InChI=1S/C20H23N5O3/c21-20-19-18(23-12-24-20)15(7-22-19)9-25-8-14(16(26)10-25)6-17(27)28-11-13-4-2-1-3-5-13/h1-5,7,12,14,16,22,26H,6,8-11H2,(H2,21,23,24)/t14-,16-/m0/s1. The highest BCUT2D eigenvalue weighted by Crippen LogP contribution is 2.26. The summed E-state index contributed by atoms with van der Waals surface area (Å²) in [4.78, 5) is 25.7. The molecule has 2 aromatic heterocycles. The second kappa shape index (κ2) is 7.95. The first-order chi connectivity index (χ1) is 13.6. The molecule has 0 radical (unpaired) electrons. The number of benzene rings is 1. The zero-order valence-electron chi connectivity index (χ0n) is 15.4. The van der Waals surface area contributed by atoms with E-state index in [1.165, 1.54) is 6.33 Å². The summed E-state index contributed by atoms with van der Waals surface area (Å²) in [6, 6.07) is 9.56. The molecule has 8 heteroatoms. The van der Waals surface area contributed by atoms with E-state index >= 15 is 0 Å². The minimum Gasteiger partial charge on any atom is -0.461 e. The van der Waals surface area contributed by atoms with Crippen molar-refractivity contribution in [3.63, 3.8) is 0 Å². The van der Waals surface area contributed by atoms with Crippen molar-refractivity contribution in [3.05, 3.63) is 54.0 Å². The van der Waals surface area contributed by atoms with Crippen molar-refractivity contribution in [1.29, 1.82) is 0 Å². The Balaban J connectivity index is 1.32. The maximum atomic E-state index is 12.2. The Bertz CT molecular complexity index is 959. The van der Waals surface area contributed by atoms with Crippen LogP contribution < -0.4 is 5.73 Å². The third-order valence-corrected chi connectivity index (χ3v) is 5.12. The van der Waals surface area contributed by atoms with Gasteiger partial charge in [-0.15, -0.1) is 0 Å². The van der Waals surface area contributed by atoms with Crippen LogP contribution in [0.4, 0.5) is 5.82 Å². The largest absolute Gasteiger partial charge is 0.461 e. The van der Waals surface area contributed by atoms with Gasteiger partial charge in [0.1, 0.15) is 18.5 Å². The lowest BCUT2D eigenvalue weighted by atomic mass is 10.0. The molecular weight excluding hydrogens is 358 g/mol. The second-order valence-electron chi connectivity index (χ2n) is 7.17. The number of aromatic nitrogens is 3. The summed E-state index contributed by atoms with van der Waals surface area (Å²) < 4.78 is 5.35. The number of fused-ring (bicyclic) bond motifs is 1. The predicted molar refractivity (Wildman–Crippen MR) is 104 cm³/mol. The minimum atomic E-state index is -0.561. The summed E-state index contributed by atoms with van der Waals surface area (Å²) in [7, 11) is 0. The van der Waals surface area contributed by atoms with Gasteiger partial charge in [0.25, 0.3) is 0 Å². The molecule has 1 aromatic carbocycles. The average molecular weight is 381 g/mol. The summed E-state index contributed by atoms with van der Waals surface area (Å²) >= 11 is 0. The van der Waals surface area contributed by atoms with Gasteiger partial charge in [-0.25, -0.2) is 9.97 Å². The first-order valence-electron chi connectivity index (χ1n) is 9.26. The molecule has 2 atom stereocenters. The molecular formula is C20H23N5O3. The van der Waals surface area contributed by atoms with E-state index in [1.807, 2.05) is 36.5 Å². The van der Waals surface area contributed by atoms with Crippen LogP contribution in [0.3, 0.4) is 0 Å². The van der Waals surface area contributed by atoms with E-state index < -0.39 is 6.10 Å². The van der Waals surface area contributed by atoms with Gasteiger partial charge in [0.15, 0.2) is 5.82 Å². The molecule has 8 nitrogen and oxygen atoms in total. The third-order valence-electron chi connectivity index (χ3n) is 5.12. The molecule has 1 saturated heterocycles. The zero-order valence-corrected chi connectivity index (χ0v) is 15.4. The van der Waals surface area contributed by atoms with Gasteiger partial charge in [0.2, 0.25) is 0 Å². The maximum Gasteiger partial charge on any atom is 0.306 e. The fourth-order valence-electron chi connectivity index (χ4n) is 3.66. The van der Waals surface area contributed by atoms with E-state index in [-0.39, 0.29) is 24.9 Å². The summed E-state index contributed by atoms with van der Waals surface area (Å²) in [5.74, 6) is -0.0210. The highest BCUT2D eigenvalue weighted by Gasteiger charge is 2.33. The number of esters is 1. The van der Waals surface area contributed by atoms with Crippen LogP contribution >= 0.6 is 0 Å². The maximum absolute atomic E-state index is 12.2. The van der Waals surface area contributed by atoms with Crippen molar-refractivity contribution in [2.45, 2.75) is 25.7 Å². The SMILES string of the molecule is Nc1ncnc2c(CN3C[C@H](CC(=O)OCc4ccccc4)[C@@H](O)C3)c[nH]c12. The lowest BCUT2D eigenvalue weighted by Gasteiger charge is -2.14. The topological polar surface area (TPSA) is 117 Å². The number of nitrogens with zero attached hydrogens (tertiary/aromatic N) is 3. The van der Waals surface area contributed by atoms with E-state index in [0.717, 1.165) is 22.2 Å². The average Bonchev–Trinajstić information content (AvgIpc) is 3.26. The number of rotatable bonds is 6. The van der Waals surface area contributed by atoms with Crippen LogP contribution in [0.1, 0.15) is 17.5 Å². The molecule has 4 rings (SSSR count). The molecule has 4 N–H and O–H groups in total. The number of likely N-dealkylation sites (tertiary alicyclic amines) is 1. The fourth-order valence-corrected chi connectivity index (χ4v) is 3.66. The Morgan fingerprint density at radius 2 is 2.11 bits per heavy atom. The number of β-amino-alcohol motifs (C(OH)–C–C–N with tert-alkyl or cyclic N) is 1. The monoisotopic (exact) mass is 381 g/mol. The highest BCUT2D eigenvalue weighted by atomic mass is 16.5. The highest BCUT2D eigenvalue weighted by molar-refractivity contribution is 5.86. The van der Waals surface area contributed by atoms with Crippen LogP contribution in [0.25, 0.3) is 11.0 Å². The number of carbonyl (C=O) groups excluding carboxylic acids is 1. The molecule has 146 valence electrons. The molecule has 0 saturated carbocycles. The molecule has 3 aromatic rings. The van der Waals surface area contributed by atoms with Gasteiger partial charge in [0, 0.05) is 37.3 Å². The smallest absolute Gasteiger partial charge is 0.306 e. The van der Waals surface area contributed by atoms with Crippen molar-refractivity contribution in [1.82, 2.24) is 19.9 Å². The first-order valence-corrected chi connectivity index (χ1v) is 9.26. The number of ether oxygens (including phenoxy) is 1. The summed E-state index contributed by atoms with van der Waals surface area (Å²) in [6.45, 7) is 1.99. The lowest BCUT2D eigenvalue weighted by molar-refractivity contribution is -0.146. The third kappa shape index (κ3) is 3.97. The number of nitrogens with two attached hydrogens (primary N) is 1. The summed E-state index contributed by atoms with van der Waals surface area (Å²) in [6.07, 6.45) is 2.95. The molecule has 0 aliphatic carbocycles. The number of aliphatic hydroxyl groups excluding tert-OH is 1. The number of aliphatic hydroxyl groups is 1. The predicted octanol–water partition coefficient (Wildman–Crippen LogP) is 1.47. The van der Waals surface area contributed by atoms with Crippen molar-refractivity contribution >= 4 is 22.8 Å². The van der Waals surface area contributed by atoms with Gasteiger partial charge in [-0.1, -0.05) is 30.3 Å². The molecule has 3 heterocycles. The van der Waals surface area contributed by atoms with Crippen molar-refractivity contribution < 1.29 is 14.6 Å². The molecule has 28 heavy (non-hydrogen) atoms. The molecule has 0 spiro atoms. The number of hydrogen-bond donors (Lipinski definition) is 3. The van der Waals surface area contributed by atoms with Crippen LogP contribution in [0.5, 0.6) is 0 Å². The number of anilines is 1. The molecule has 1 aliphatic rings. The number of carbonyl (C=O) groups is 1. The number of aromatic amines is 1. The van der Waals surface area contributed by atoms with Crippen LogP contribution in [0, 0.1) is 5.92 Å². The minimum absolute atomic E-state index is 0.145. The Hall–Kier alpha value is -2.97. The summed E-state index contributed by atoms with van der Waals surface area (Å²) in [5.41, 5.74) is 9.30. The van der Waals surface area contributed by atoms with Crippen LogP contribution in [0.2, 0.25) is 0 Å². The van der Waals surface area contributed by atoms with E-state index in [0.29, 0.717) is 25.5 Å². The molecule has 0 bridgehead atoms. The Kier molecular flexibility index (Phi) is 5.23. The number of hydrogen-bond acceptors (Lipinski definition) is 7. The molecule has 0 amide bonds. The van der Waals surface area contributed by atoms with Gasteiger partial charge in [-0.2, -0.15) is 0 Å². The van der Waals surface area contributed by atoms with Gasteiger partial charge in [-0.3, -0.25) is 9.69 Å². The van der Waals surface area contributed by atoms with Crippen LogP contribution in [0.15, 0.2) is 42.9 Å². The van der Waals surface area contributed by atoms with Gasteiger partial charge < -0.3 is 20.6 Å². The summed E-state index contributed by atoms with van der Waals surface area (Å²) in [5, 5.41) is 10.4. The Labute approximate surface area is 162 Å². The first kappa shape index (κ1) is 18.4. The van der Waals surface area contributed by atoms with Gasteiger partial charge in [-0.05, 0) is 5.56 Å². The van der Waals surface area contributed by atoms with E-state index in [1.54, 1.807) is 0 Å². The lowest BCUT2D eigenvalue weighted by Crippen LogP contribution is -2.22. The Morgan fingerprint density at radius 3 is 2.93 bits per heavy atom. The second-order valence-corrected chi connectivity index (χ2v) is 7.17. The van der Waals surface area contributed by atoms with E-state index in [9.17, 15) is 9.90 Å². The van der Waals surface area contributed by atoms with Gasteiger partial charge >= 0.3 is 5.97 Å². The fraction of sp³-hybridized carbons (Fsp3) is 0.350.